The molecule has 1 heterocycles. The van der Waals surface area contributed by atoms with Gasteiger partial charge in [-0.25, -0.2) is 4.98 Å². The van der Waals surface area contributed by atoms with Crippen LogP contribution in [-0.2, 0) is 0 Å². The Morgan fingerprint density at radius 1 is 1.56 bits per heavy atom. The highest BCUT2D eigenvalue weighted by molar-refractivity contribution is 9.10. The fraction of sp³-hybridized carbons (Fsp3) is 0.0909. The van der Waals surface area contributed by atoms with Gasteiger partial charge >= 0.3 is 0 Å². The molecule has 0 radical (unpaired) electrons. The summed E-state index contributed by atoms with van der Waals surface area (Å²) in [6, 6.07) is 5.17. The minimum absolute atomic E-state index is 0.226. The quantitative estimate of drug-likeness (QED) is 0.871. The van der Waals surface area contributed by atoms with Crippen LogP contribution in [0.5, 0.6) is 0 Å². The average Bonchev–Trinajstić information content (AvgIpc) is 2.63. The lowest BCUT2D eigenvalue weighted by Crippen LogP contribution is -2.11. The molecule has 94 valence electrons. The molecule has 1 aromatic carbocycles. The second-order valence-corrected chi connectivity index (χ2v) is 5.84. The first-order valence-electron chi connectivity index (χ1n) is 4.96. The monoisotopic (exact) mass is 345 g/mol. The number of carbonyl (C=O) groups is 1. The zero-order chi connectivity index (χ0) is 13.3. The van der Waals surface area contributed by atoms with E-state index in [4.69, 9.17) is 17.3 Å². The molecule has 2 rings (SSSR count). The van der Waals surface area contributed by atoms with Crippen molar-refractivity contribution in [2.45, 2.75) is 6.92 Å². The molecule has 0 bridgehead atoms. The van der Waals surface area contributed by atoms with E-state index in [1.807, 2.05) is 0 Å². The molecule has 2 aromatic rings. The van der Waals surface area contributed by atoms with Crippen molar-refractivity contribution in [3.8, 4) is 0 Å². The van der Waals surface area contributed by atoms with Gasteiger partial charge in [0.2, 0.25) is 0 Å². The molecule has 0 spiro atoms. The molecule has 0 fully saturated rings. The summed E-state index contributed by atoms with van der Waals surface area (Å²) >= 11 is 10.3. The third-order valence-corrected chi connectivity index (χ3v) is 4.40. The maximum absolute atomic E-state index is 12.0. The van der Waals surface area contributed by atoms with Gasteiger partial charge in [0.15, 0.2) is 5.13 Å². The Bertz CT molecular complexity index is 614. The number of thiazole rings is 1. The van der Waals surface area contributed by atoms with Crippen LogP contribution in [0, 0.1) is 6.92 Å². The summed E-state index contributed by atoms with van der Waals surface area (Å²) in [4.78, 5) is 16.5. The molecule has 3 N–H and O–H groups in total. The van der Waals surface area contributed by atoms with Gasteiger partial charge in [-0.15, -0.1) is 0 Å². The van der Waals surface area contributed by atoms with Crippen LogP contribution >= 0.6 is 38.9 Å². The third-order valence-electron chi connectivity index (χ3n) is 2.20. The topological polar surface area (TPSA) is 68.0 Å². The minimum atomic E-state index is -0.226. The summed E-state index contributed by atoms with van der Waals surface area (Å²) in [5, 5.41) is 3.74. The molecule has 1 amide bonds. The number of amides is 1. The van der Waals surface area contributed by atoms with Crippen LogP contribution in [0.1, 0.15) is 15.4 Å². The smallest absolute Gasteiger partial charge is 0.267 e. The molecule has 0 aliphatic carbocycles. The van der Waals surface area contributed by atoms with Gasteiger partial charge < -0.3 is 11.1 Å². The van der Waals surface area contributed by atoms with Crippen molar-refractivity contribution in [1.82, 2.24) is 4.98 Å². The van der Waals surface area contributed by atoms with E-state index in [2.05, 4.69) is 26.2 Å². The zero-order valence-corrected chi connectivity index (χ0v) is 12.5. The number of hydrogen-bond donors (Lipinski definition) is 2. The largest absolute Gasteiger partial charge is 0.375 e. The van der Waals surface area contributed by atoms with E-state index in [0.29, 0.717) is 26.4 Å². The van der Waals surface area contributed by atoms with Gasteiger partial charge in [-0.2, -0.15) is 0 Å². The van der Waals surface area contributed by atoms with E-state index < -0.39 is 0 Å². The van der Waals surface area contributed by atoms with E-state index >= 15 is 0 Å². The number of rotatable bonds is 2. The summed E-state index contributed by atoms with van der Waals surface area (Å²) < 4.78 is 0.725. The first-order chi connectivity index (χ1) is 8.47. The maximum Gasteiger partial charge on any atom is 0.267 e. The Morgan fingerprint density at radius 2 is 2.28 bits per heavy atom. The number of nitrogens with one attached hydrogen (secondary N) is 1. The predicted molar refractivity (Wildman–Crippen MR) is 78.4 cm³/mol. The van der Waals surface area contributed by atoms with Crippen LogP contribution < -0.4 is 11.1 Å². The van der Waals surface area contributed by atoms with Crippen molar-refractivity contribution in [3.63, 3.8) is 0 Å². The van der Waals surface area contributed by atoms with E-state index in [9.17, 15) is 4.79 Å². The van der Waals surface area contributed by atoms with Crippen molar-refractivity contribution < 1.29 is 4.79 Å². The zero-order valence-electron chi connectivity index (χ0n) is 9.33. The number of aromatic nitrogens is 1. The van der Waals surface area contributed by atoms with Crippen LogP contribution in [0.25, 0.3) is 0 Å². The molecule has 0 atom stereocenters. The van der Waals surface area contributed by atoms with E-state index in [0.717, 1.165) is 4.47 Å². The van der Waals surface area contributed by atoms with E-state index in [1.165, 1.54) is 11.3 Å². The fourth-order valence-electron chi connectivity index (χ4n) is 1.39. The normalized spacial score (nSPS) is 10.4. The lowest BCUT2D eigenvalue weighted by molar-refractivity contribution is 0.103. The van der Waals surface area contributed by atoms with Crippen LogP contribution in [0.3, 0.4) is 0 Å². The highest BCUT2D eigenvalue weighted by Crippen LogP contribution is 2.27. The number of carbonyl (C=O) groups excluding carboxylic acids is 1. The minimum Gasteiger partial charge on any atom is -0.375 e. The molecule has 0 aliphatic heterocycles. The Morgan fingerprint density at radius 3 is 2.83 bits per heavy atom. The van der Waals surface area contributed by atoms with Gasteiger partial charge in [0.05, 0.1) is 10.7 Å². The first-order valence-corrected chi connectivity index (χ1v) is 6.95. The van der Waals surface area contributed by atoms with Crippen molar-refractivity contribution in [1.29, 1.82) is 0 Å². The molecule has 4 nitrogen and oxygen atoms in total. The van der Waals surface area contributed by atoms with Crippen molar-refractivity contribution in [2.24, 2.45) is 0 Å². The number of halogens is 2. The van der Waals surface area contributed by atoms with Gasteiger partial charge in [-0.05, 0) is 41.1 Å². The maximum atomic E-state index is 12.0. The Hall–Kier alpha value is -1.11. The average molecular weight is 347 g/mol. The predicted octanol–water partition coefficient (Wildman–Crippen LogP) is 3.70. The fourth-order valence-corrected chi connectivity index (χ4v) is 2.61. The molecule has 1 aromatic heterocycles. The van der Waals surface area contributed by atoms with Crippen LogP contribution in [0.2, 0.25) is 5.02 Å². The van der Waals surface area contributed by atoms with Gasteiger partial charge in [-0.1, -0.05) is 22.9 Å². The number of nitrogen functional groups attached to an aromatic ring is 1. The van der Waals surface area contributed by atoms with Gasteiger partial charge in [0.1, 0.15) is 4.88 Å². The van der Waals surface area contributed by atoms with Gasteiger partial charge in [0, 0.05) is 10.2 Å². The van der Waals surface area contributed by atoms with Crippen molar-refractivity contribution in [3.05, 3.63) is 38.3 Å². The Kier molecular flexibility index (Phi) is 3.89. The van der Waals surface area contributed by atoms with Crippen molar-refractivity contribution >= 4 is 55.6 Å². The van der Waals surface area contributed by atoms with Crippen LogP contribution in [0.4, 0.5) is 10.8 Å². The van der Waals surface area contributed by atoms with Crippen LogP contribution in [-0.4, -0.2) is 10.9 Å². The first kappa shape index (κ1) is 13.3. The lowest BCUT2D eigenvalue weighted by atomic mass is 10.3. The van der Waals surface area contributed by atoms with Crippen molar-refractivity contribution in [2.75, 3.05) is 11.1 Å². The highest BCUT2D eigenvalue weighted by atomic mass is 79.9. The molecule has 0 saturated carbocycles. The summed E-state index contributed by atoms with van der Waals surface area (Å²) in [5.41, 5.74) is 6.84. The van der Waals surface area contributed by atoms with Crippen LogP contribution in [0.15, 0.2) is 22.7 Å². The number of benzene rings is 1. The number of hydrogen-bond acceptors (Lipinski definition) is 4. The number of nitrogens with zero attached hydrogens (tertiary/aromatic N) is 1. The lowest BCUT2D eigenvalue weighted by Gasteiger charge is -2.05. The second-order valence-electron chi connectivity index (χ2n) is 3.55. The number of anilines is 2. The van der Waals surface area contributed by atoms with Gasteiger partial charge in [-0.3, -0.25) is 4.79 Å². The summed E-state index contributed by atoms with van der Waals surface area (Å²) in [5.74, 6) is -0.226. The molecule has 0 aliphatic rings. The summed E-state index contributed by atoms with van der Waals surface area (Å²) in [6.45, 7) is 1.75. The van der Waals surface area contributed by atoms with E-state index in [-0.39, 0.29) is 5.91 Å². The molecule has 18 heavy (non-hydrogen) atoms. The van der Waals surface area contributed by atoms with Gasteiger partial charge in [0.25, 0.3) is 5.91 Å². The Labute approximate surface area is 121 Å². The third kappa shape index (κ3) is 2.82. The highest BCUT2D eigenvalue weighted by Gasteiger charge is 2.14. The molecule has 7 heteroatoms. The SMILES string of the molecule is Cc1nc(N)sc1C(=O)Nc1ccc(Cl)c(Br)c1. The molecule has 0 saturated heterocycles. The standard InChI is InChI=1S/C11H9BrClN3OS/c1-5-9(18-11(14)15-5)10(17)16-6-2-3-8(13)7(12)4-6/h2-4H,1H3,(H2,14,15)(H,16,17). The summed E-state index contributed by atoms with van der Waals surface area (Å²) in [6.07, 6.45) is 0. The molecular weight excluding hydrogens is 338 g/mol. The number of nitrogens with two attached hydrogens (primary N) is 1. The molecular formula is C11H9BrClN3OS. The Balaban J connectivity index is 2.21. The number of aryl methyl sites for hydroxylation is 1. The molecule has 0 unspecified atom stereocenters. The second kappa shape index (κ2) is 5.26. The summed E-state index contributed by atoms with van der Waals surface area (Å²) in [7, 11) is 0. The van der Waals surface area contributed by atoms with E-state index in [1.54, 1.807) is 25.1 Å².